The van der Waals surface area contributed by atoms with E-state index in [0.717, 1.165) is 12.1 Å². The highest BCUT2D eigenvalue weighted by Crippen LogP contribution is 2.35. The van der Waals surface area contributed by atoms with E-state index < -0.39 is 23.7 Å². The lowest BCUT2D eigenvalue weighted by Crippen LogP contribution is -2.11. The number of carbonyl (C=O) groups excluding carboxylic acids is 2. The number of hydrogen-bond donors (Lipinski definition) is 0. The number of hydrogen-bond acceptors (Lipinski definition) is 5. The maximum Gasteiger partial charge on any atom is 0.417 e. The average molecular weight is 468 g/mol. The number of benzene rings is 2. The normalized spacial score (nSPS) is 11.3. The number of alkyl halides is 3. The van der Waals surface area contributed by atoms with Gasteiger partial charge in [0.1, 0.15) is 23.0 Å². The fourth-order valence-corrected chi connectivity index (χ4v) is 2.80. The van der Waals surface area contributed by atoms with Gasteiger partial charge in [0.15, 0.2) is 0 Å². The molecule has 0 fully saturated rings. The minimum atomic E-state index is -4.67. The Hall–Kier alpha value is -4.33. The minimum absolute atomic E-state index is 0.0681. The maximum atomic E-state index is 13.6. The fraction of sp³-hybridized carbons (Fsp3) is 0.0769. The second kappa shape index (κ2) is 10.1. The van der Waals surface area contributed by atoms with E-state index in [4.69, 9.17) is 13.9 Å². The van der Waals surface area contributed by atoms with Gasteiger partial charge in [-0.3, -0.25) is 0 Å². The van der Waals surface area contributed by atoms with Gasteiger partial charge in [0, 0.05) is 17.2 Å². The highest BCUT2D eigenvalue weighted by molar-refractivity contribution is 5.89. The largest absolute Gasteiger partial charge is 0.457 e. The number of carbonyl (C=O) groups is 2. The van der Waals surface area contributed by atoms with Crippen LogP contribution in [0.4, 0.5) is 13.2 Å². The molecule has 0 bridgehead atoms. The van der Waals surface area contributed by atoms with E-state index in [1.165, 1.54) is 31.2 Å². The third-order valence-corrected chi connectivity index (χ3v) is 4.47. The SMILES string of the molecule is C=CC(=O)Oc1ccc(-c2ccc(C=Cc3ccc(OC(=O)C(=C)C)cc3C(F)(F)F)o2)cc1. The summed E-state index contributed by atoms with van der Waals surface area (Å²) in [6, 6.07) is 13.0. The first-order chi connectivity index (χ1) is 16.1. The van der Waals surface area contributed by atoms with Gasteiger partial charge in [0.2, 0.25) is 0 Å². The fourth-order valence-electron chi connectivity index (χ4n) is 2.80. The molecule has 0 unspecified atom stereocenters. The monoisotopic (exact) mass is 468 g/mol. The van der Waals surface area contributed by atoms with Crippen molar-refractivity contribution in [2.24, 2.45) is 0 Å². The Morgan fingerprint density at radius 3 is 2.24 bits per heavy atom. The van der Waals surface area contributed by atoms with E-state index in [2.05, 4.69) is 13.2 Å². The summed E-state index contributed by atoms with van der Waals surface area (Å²) in [6.07, 6.45) is -0.969. The Kier molecular flexibility index (Phi) is 7.21. The summed E-state index contributed by atoms with van der Waals surface area (Å²) in [5, 5.41) is 0. The zero-order valence-electron chi connectivity index (χ0n) is 18.0. The molecule has 0 saturated carbocycles. The Balaban J connectivity index is 1.80. The van der Waals surface area contributed by atoms with Crippen LogP contribution in [0.15, 0.2) is 83.8 Å². The molecule has 3 aromatic rings. The first-order valence-corrected chi connectivity index (χ1v) is 9.88. The van der Waals surface area contributed by atoms with Gasteiger partial charge < -0.3 is 13.9 Å². The standard InChI is InChI=1S/C26H19F3O5/c1-4-24(30)33-20-10-7-18(8-11-20)23-14-13-19(32-23)9-5-17-6-12-21(34-25(31)16(2)3)15-22(17)26(27,28)29/h4-15H,1-2H2,3H3. The third kappa shape index (κ3) is 6.13. The van der Waals surface area contributed by atoms with E-state index >= 15 is 0 Å². The summed E-state index contributed by atoms with van der Waals surface area (Å²) in [6.45, 7) is 8.12. The van der Waals surface area contributed by atoms with Crippen molar-refractivity contribution in [3.05, 3.63) is 96.3 Å². The molecule has 0 atom stereocenters. The van der Waals surface area contributed by atoms with Crippen molar-refractivity contribution in [3.8, 4) is 22.8 Å². The topological polar surface area (TPSA) is 65.7 Å². The van der Waals surface area contributed by atoms with Crippen LogP contribution in [0.25, 0.3) is 23.5 Å². The van der Waals surface area contributed by atoms with Crippen LogP contribution in [-0.2, 0) is 15.8 Å². The van der Waals surface area contributed by atoms with Crippen molar-refractivity contribution in [2.45, 2.75) is 13.1 Å². The van der Waals surface area contributed by atoms with Crippen LogP contribution in [0, 0.1) is 0 Å². The summed E-state index contributed by atoms with van der Waals surface area (Å²) >= 11 is 0. The highest BCUT2D eigenvalue weighted by Gasteiger charge is 2.33. The number of esters is 2. The molecule has 1 heterocycles. The molecule has 0 amide bonds. The summed E-state index contributed by atoms with van der Waals surface area (Å²) in [4.78, 5) is 22.9. The summed E-state index contributed by atoms with van der Waals surface area (Å²) in [7, 11) is 0. The molecule has 0 aliphatic heterocycles. The minimum Gasteiger partial charge on any atom is -0.457 e. The van der Waals surface area contributed by atoms with Gasteiger partial charge in [0.05, 0.1) is 5.56 Å². The Morgan fingerprint density at radius 2 is 1.62 bits per heavy atom. The van der Waals surface area contributed by atoms with Crippen molar-refractivity contribution in [2.75, 3.05) is 0 Å². The Labute approximate surface area is 193 Å². The lowest BCUT2D eigenvalue weighted by molar-refractivity contribution is -0.138. The van der Waals surface area contributed by atoms with Crippen molar-refractivity contribution in [3.63, 3.8) is 0 Å². The molecular formula is C26H19F3O5. The second-order valence-electron chi connectivity index (χ2n) is 7.10. The van der Waals surface area contributed by atoms with Gasteiger partial charge in [-0.2, -0.15) is 13.2 Å². The Morgan fingerprint density at radius 1 is 0.941 bits per heavy atom. The zero-order chi connectivity index (χ0) is 24.9. The lowest BCUT2D eigenvalue weighted by atomic mass is 10.1. The van der Waals surface area contributed by atoms with E-state index in [9.17, 15) is 22.8 Å². The molecule has 5 nitrogen and oxygen atoms in total. The molecule has 0 saturated heterocycles. The van der Waals surface area contributed by atoms with Crippen LogP contribution in [0.5, 0.6) is 11.5 Å². The van der Waals surface area contributed by atoms with Gasteiger partial charge in [-0.25, -0.2) is 9.59 Å². The average Bonchev–Trinajstić information content (AvgIpc) is 3.27. The molecule has 0 radical (unpaired) electrons. The molecule has 0 aliphatic carbocycles. The lowest BCUT2D eigenvalue weighted by Gasteiger charge is -2.12. The number of halogens is 3. The molecular weight excluding hydrogens is 449 g/mol. The molecule has 1 aromatic heterocycles. The van der Waals surface area contributed by atoms with E-state index in [1.807, 2.05) is 0 Å². The van der Waals surface area contributed by atoms with Gasteiger partial charge in [0.25, 0.3) is 0 Å². The molecule has 0 N–H and O–H groups in total. The van der Waals surface area contributed by atoms with E-state index in [1.54, 1.807) is 36.4 Å². The smallest absolute Gasteiger partial charge is 0.417 e. The van der Waals surface area contributed by atoms with Crippen molar-refractivity contribution in [1.82, 2.24) is 0 Å². The molecule has 8 heteroatoms. The highest BCUT2D eigenvalue weighted by atomic mass is 19.4. The first kappa shape index (κ1) is 24.3. The number of furan rings is 1. The van der Waals surface area contributed by atoms with Gasteiger partial charge in [-0.1, -0.05) is 25.3 Å². The molecule has 174 valence electrons. The molecule has 2 aromatic carbocycles. The molecule has 34 heavy (non-hydrogen) atoms. The van der Waals surface area contributed by atoms with E-state index in [0.29, 0.717) is 22.8 Å². The first-order valence-electron chi connectivity index (χ1n) is 9.88. The van der Waals surface area contributed by atoms with Gasteiger partial charge in [-0.15, -0.1) is 0 Å². The Bertz CT molecular complexity index is 1260. The zero-order valence-corrected chi connectivity index (χ0v) is 18.0. The van der Waals surface area contributed by atoms with E-state index in [-0.39, 0.29) is 16.9 Å². The predicted molar refractivity (Wildman–Crippen MR) is 121 cm³/mol. The molecule has 3 rings (SSSR count). The quantitative estimate of drug-likeness (QED) is 0.219. The maximum absolute atomic E-state index is 13.6. The second-order valence-corrected chi connectivity index (χ2v) is 7.10. The molecule has 0 aliphatic rings. The van der Waals surface area contributed by atoms with Crippen molar-refractivity contribution >= 4 is 24.1 Å². The predicted octanol–water partition coefficient (Wildman–Crippen LogP) is 6.71. The number of ether oxygens (including phenoxy) is 2. The summed E-state index contributed by atoms with van der Waals surface area (Å²) in [5.41, 5.74) is -0.350. The van der Waals surface area contributed by atoms with Crippen molar-refractivity contribution < 1.29 is 36.7 Å². The molecule has 0 spiro atoms. The van der Waals surface area contributed by atoms with Crippen LogP contribution < -0.4 is 9.47 Å². The third-order valence-electron chi connectivity index (χ3n) is 4.47. The van der Waals surface area contributed by atoms with Crippen LogP contribution >= 0.6 is 0 Å². The van der Waals surface area contributed by atoms with Gasteiger partial charge >= 0.3 is 18.1 Å². The van der Waals surface area contributed by atoms with Crippen LogP contribution in [0.2, 0.25) is 0 Å². The van der Waals surface area contributed by atoms with Crippen LogP contribution in [-0.4, -0.2) is 11.9 Å². The summed E-state index contributed by atoms with van der Waals surface area (Å²) < 4.78 is 56.3. The van der Waals surface area contributed by atoms with Crippen molar-refractivity contribution in [1.29, 1.82) is 0 Å². The van der Waals surface area contributed by atoms with Crippen LogP contribution in [0.1, 0.15) is 23.8 Å². The number of rotatable bonds is 7. The van der Waals surface area contributed by atoms with Gasteiger partial charge in [-0.05, 0) is 67.1 Å². The van der Waals surface area contributed by atoms with Crippen LogP contribution in [0.3, 0.4) is 0 Å². The summed E-state index contributed by atoms with van der Waals surface area (Å²) in [5.74, 6) is -0.510.